The highest BCUT2D eigenvalue weighted by Crippen LogP contribution is 2.41. The van der Waals surface area contributed by atoms with Gasteiger partial charge in [-0.1, -0.05) is 0 Å². The molecule has 1 amide bonds. The molecule has 0 radical (unpaired) electrons. The van der Waals surface area contributed by atoms with Crippen molar-refractivity contribution in [1.29, 1.82) is 0 Å². The van der Waals surface area contributed by atoms with Crippen LogP contribution >= 0.6 is 0 Å². The minimum Gasteiger partial charge on any atom is -0.481 e. The molecule has 1 unspecified atom stereocenters. The Morgan fingerprint density at radius 1 is 1.21 bits per heavy atom. The highest BCUT2D eigenvalue weighted by atomic mass is 16.5. The predicted octanol–water partition coefficient (Wildman–Crippen LogP) is 2.38. The number of piperidine rings is 1. The molecule has 0 saturated carbocycles. The van der Waals surface area contributed by atoms with Crippen LogP contribution in [0.5, 0.6) is 5.88 Å². The first-order valence-electron chi connectivity index (χ1n) is 10.0. The summed E-state index contributed by atoms with van der Waals surface area (Å²) in [5, 5.41) is 1.08. The van der Waals surface area contributed by atoms with Crippen molar-refractivity contribution >= 4 is 22.9 Å². The summed E-state index contributed by atoms with van der Waals surface area (Å²) in [6.07, 6.45) is 8.20. The fraction of sp³-hybridized carbons (Fsp3) is 0.429. The van der Waals surface area contributed by atoms with E-state index in [0.29, 0.717) is 24.9 Å². The number of hydrogen-bond acceptors (Lipinski definition) is 6. The third-order valence-corrected chi connectivity index (χ3v) is 6.19. The van der Waals surface area contributed by atoms with E-state index in [2.05, 4.69) is 30.9 Å². The SMILES string of the molecule is COc1ccnc(N2CCC3(CCCN(Cc4c[nH]c5ncccc45)C3=O)C2)n1. The summed E-state index contributed by atoms with van der Waals surface area (Å²) in [5.41, 5.74) is 1.63. The largest absolute Gasteiger partial charge is 0.481 e. The molecule has 2 aliphatic heterocycles. The highest BCUT2D eigenvalue weighted by Gasteiger charge is 2.49. The number of aromatic nitrogens is 4. The Morgan fingerprint density at radius 3 is 3.03 bits per heavy atom. The molecule has 5 heterocycles. The predicted molar refractivity (Wildman–Crippen MR) is 109 cm³/mol. The van der Waals surface area contributed by atoms with Crippen LogP contribution in [0, 0.1) is 5.41 Å². The van der Waals surface area contributed by atoms with Gasteiger partial charge in [-0.25, -0.2) is 9.97 Å². The van der Waals surface area contributed by atoms with Gasteiger partial charge in [-0.15, -0.1) is 0 Å². The lowest BCUT2D eigenvalue weighted by Crippen LogP contribution is -2.49. The second-order valence-corrected chi connectivity index (χ2v) is 7.89. The molecule has 8 nitrogen and oxygen atoms in total. The maximum Gasteiger partial charge on any atom is 0.230 e. The summed E-state index contributed by atoms with van der Waals surface area (Å²) >= 11 is 0. The monoisotopic (exact) mass is 392 g/mol. The van der Waals surface area contributed by atoms with Crippen molar-refractivity contribution in [1.82, 2.24) is 24.8 Å². The minimum atomic E-state index is -0.352. The maximum atomic E-state index is 13.5. The van der Waals surface area contributed by atoms with Crippen molar-refractivity contribution < 1.29 is 9.53 Å². The Labute approximate surface area is 168 Å². The first-order valence-corrected chi connectivity index (χ1v) is 10.0. The number of likely N-dealkylation sites (tertiary alicyclic amines) is 1. The number of aromatic amines is 1. The van der Waals surface area contributed by atoms with Gasteiger partial charge in [0.1, 0.15) is 5.65 Å². The van der Waals surface area contributed by atoms with Gasteiger partial charge in [-0.3, -0.25) is 4.79 Å². The number of fused-ring (bicyclic) bond motifs is 1. The quantitative estimate of drug-likeness (QED) is 0.734. The summed E-state index contributed by atoms with van der Waals surface area (Å²) in [7, 11) is 1.60. The molecule has 2 fully saturated rings. The fourth-order valence-electron chi connectivity index (χ4n) is 4.67. The van der Waals surface area contributed by atoms with Crippen LogP contribution in [0.25, 0.3) is 11.0 Å². The van der Waals surface area contributed by atoms with Crippen LogP contribution in [0.2, 0.25) is 0 Å². The Bertz CT molecular complexity index is 1050. The average molecular weight is 392 g/mol. The Balaban J connectivity index is 1.35. The Morgan fingerprint density at radius 2 is 2.14 bits per heavy atom. The van der Waals surface area contributed by atoms with Gasteiger partial charge in [-0.2, -0.15) is 4.98 Å². The lowest BCUT2D eigenvalue weighted by atomic mass is 9.78. The van der Waals surface area contributed by atoms with E-state index in [-0.39, 0.29) is 11.3 Å². The van der Waals surface area contributed by atoms with E-state index in [1.165, 1.54) is 0 Å². The number of nitrogens with one attached hydrogen (secondary N) is 1. The number of pyridine rings is 1. The second-order valence-electron chi connectivity index (χ2n) is 7.89. The van der Waals surface area contributed by atoms with Gasteiger partial charge in [0.2, 0.25) is 17.7 Å². The van der Waals surface area contributed by atoms with Crippen molar-refractivity contribution in [3.8, 4) is 5.88 Å². The molecule has 0 aliphatic carbocycles. The van der Waals surface area contributed by atoms with Crippen molar-refractivity contribution in [2.75, 3.05) is 31.6 Å². The van der Waals surface area contributed by atoms with Crippen LogP contribution in [0.3, 0.4) is 0 Å². The third-order valence-electron chi connectivity index (χ3n) is 6.19. The molecule has 0 bridgehead atoms. The number of carbonyl (C=O) groups is 1. The van der Waals surface area contributed by atoms with Crippen molar-refractivity contribution in [2.45, 2.75) is 25.8 Å². The maximum absolute atomic E-state index is 13.5. The zero-order valence-electron chi connectivity index (χ0n) is 16.5. The van der Waals surface area contributed by atoms with E-state index in [0.717, 1.165) is 48.9 Å². The zero-order chi connectivity index (χ0) is 19.8. The summed E-state index contributed by atoms with van der Waals surface area (Å²) in [6, 6.07) is 5.72. The van der Waals surface area contributed by atoms with E-state index in [1.807, 2.05) is 17.2 Å². The highest BCUT2D eigenvalue weighted by molar-refractivity contribution is 5.86. The number of anilines is 1. The molecule has 1 spiro atoms. The van der Waals surface area contributed by atoms with Crippen LogP contribution in [0.1, 0.15) is 24.8 Å². The van der Waals surface area contributed by atoms with Gasteiger partial charge in [-0.05, 0) is 37.0 Å². The number of rotatable bonds is 4. The van der Waals surface area contributed by atoms with Gasteiger partial charge in [0.25, 0.3) is 0 Å². The van der Waals surface area contributed by atoms with Crippen LogP contribution in [0.15, 0.2) is 36.8 Å². The number of carbonyl (C=O) groups excluding carboxylic acids is 1. The molecule has 3 aromatic heterocycles. The standard InChI is InChI=1S/C21H24N6O2/c1-29-17-5-9-23-20(25-17)27-11-7-21(14-27)6-3-10-26(19(21)28)13-15-12-24-18-16(15)4-2-8-22-18/h2,4-5,8-9,12H,3,6-7,10-11,13-14H2,1H3,(H,22,24). The zero-order valence-corrected chi connectivity index (χ0v) is 16.5. The molecular weight excluding hydrogens is 368 g/mol. The topological polar surface area (TPSA) is 87.2 Å². The summed E-state index contributed by atoms with van der Waals surface area (Å²) in [6.45, 7) is 2.85. The number of hydrogen-bond donors (Lipinski definition) is 1. The van der Waals surface area contributed by atoms with Crippen molar-refractivity contribution in [3.05, 3.63) is 42.4 Å². The summed E-state index contributed by atoms with van der Waals surface area (Å²) < 4.78 is 5.22. The molecule has 1 atom stereocenters. The Kier molecular flexibility index (Phi) is 4.34. The van der Waals surface area contributed by atoms with Gasteiger partial charge < -0.3 is 19.5 Å². The third kappa shape index (κ3) is 3.08. The first-order chi connectivity index (χ1) is 14.2. The van der Waals surface area contributed by atoms with Gasteiger partial charge in [0.15, 0.2) is 0 Å². The van der Waals surface area contributed by atoms with Crippen molar-refractivity contribution in [2.24, 2.45) is 5.41 Å². The van der Waals surface area contributed by atoms with Gasteiger partial charge in [0.05, 0.1) is 12.5 Å². The molecule has 1 N–H and O–H groups in total. The van der Waals surface area contributed by atoms with E-state index < -0.39 is 0 Å². The van der Waals surface area contributed by atoms with E-state index >= 15 is 0 Å². The van der Waals surface area contributed by atoms with Crippen LogP contribution in [0.4, 0.5) is 5.95 Å². The van der Waals surface area contributed by atoms with E-state index in [4.69, 9.17) is 4.74 Å². The van der Waals surface area contributed by atoms with Gasteiger partial charge >= 0.3 is 0 Å². The summed E-state index contributed by atoms with van der Waals surface area (Å²) in [4.78, 5) is 34.0. The average Bonchev–Trinajstić information content (AvgIpc) is 3.37. The van der Waals surface area contributed by atoms with Crippen molar-refractivity contribution in [3.63, 3.8) is 0 Å². The van der Waals surface area contributed by atoms with E-state index in [9.17, 15) is 4.79 Å². The molecule has 3 aromatic rings. The van der Waals surface area contributed by atoms with Crippen LogP contribution in [-0.2, 0) is 11.3 Å². The second kappa shape index (κ2) is 7.02. The molecule has 8 heteroatoms. The van der Waals surface area contributed by atoms with Crippen LogP contribution < -0.4 is 9.64 Å². The number of amides is 1. The molecular formula is C21H24N6O2. The van der Waals surface area contributed by atoms with Crippen LogP contribution in [-0.4, -0.2) is 57.5 Å². The molecule has 29 heavy (non-hydrogen) atoms. The molecule has 5 rings (SSSR count). The number of methoxy groups -OCH3 is 1. The van der Waals surface area contributed by atoms with Gasteiger partial charge in [0, 0.05) is 56.2 Å². The summed E-state index contributed by atoms with van der Waals surface area (Å²) in [5.74, 6) is 1.42. The first kappa shape index (κ1) is 17.9. The lowest BCUT2D eigenvalue weighted by Gasteiger charge is -2.39. The lowest BCUT2D eigenvalue weighted by molar-refractivity contribution is -0.145. The molecule has 2 aliphatic rings. The Hall–Kier alpha value is -3.16. The molecule has 150 valence electrons. The molecule has 0 aromatic carbocycles. The number of ether oxygens (including phenoxy) is 1. The number of H-pyrrole nitrogens is 1. The molecule has 2 saturated heterocycles. The fourth-order valence-corrected chi connectivity index (χ4v) is 4.67. The normalized spacial score (nSPS) is 22.0. The smallest absolute Gasteiger partial charge is 0.230 e. The minimum absolute atomic E-state index is 0.243. The van der Waals surface area contributed by atoms with E-state index in [1.54, 1.807) is 25.6 Å². The number of nitrogens with zero attached hydrogens (tertiary/aromatic N) is 5.